The minimum Gasteiger partial charge on any atom is -0.478 e. The van der Waals surface area contributed by atoms with Crippen LogP contribution in [0, 0.1) is 0 Å². The minimum absolute atomic E-state index is 0.198. The van der Waals surface area contributed by atoms with Crippen molar-refractivity contribution in [2.45, 2.75) is 19.4 Å². The summed E-state index contributed by atoms with van der Waals surface area (Å²) in [4.78, 5) is 14.6. The summed E-state index contributed by atoms with van der Waals surface area (Å²) in [6.45, 7) is 1.65. The molecule has 1 heterocycles. The van der Waals surface area contributed by atoms with Crippen LogP contribution in [0.1, 0.15) is 28.9 Å². The van der Waals surface area contributed by atoms with Crippen molar-refractivity contribution in [3.63, 3.8) is 0 Å². The molecule has 0 aromatic carbocycles. The van der Waals surface area contributed by atoms with E-state index in [-0.39, 0.29) is 12.2 Å². The molecular weight excluding hydrogens is 208 g/mol. The first-order valence-electron chi connectivity index (χ1n) is 5.24. The Morgan fingerprint density at radius 1 is 1.38 bits per heavy atom. The first-order valence-corrected chi connectivity index (χ1v) is 5.24. The SMILES string of the molecule is O=C(O)c1ccc(CNCCCCO)nc1. The molecule has 0 spiro atoms. The molecule has 1 rings (SSSR count). The zero-order chi connectivity index (χ0) is 11.8. The van der Waals surface area contributed by atoms with Gasteiger partial charge < -0.3 is 15.5 Å². The second kappa shape index (κ2) is 6.92. The molecular formula is C11H16N2O3. The van der Waals surface area contributed by atoms with Crippen LogP contribution in [0.25, 0.3) is 0 Å². The summed E-state index contributed by atoms with van der Waals surface area (Å²) in [5.74, 6) is -0.963. The fraction of sp³-hybridized carbons (Fsp3) is 0.455. The highest BCUT2D eigenvalue weighted by molar-refractivity contribution is 5.87. The lowest BCUT2D eigenvalue weighted by molar-refractivity contribution is 0.0696. The van der Waals surface area contributed by atoms with E-state index in [0.29, 0.717) is 6.54 Å². The number of hydrogen-bond donors (Lipinski definition) is 3. The van der Waals surface area contributed by atoms with Gasteiger partial charge in [-0.25, -0.2) is 4.79 Å². The van der Waals surface area contributed by atoms with E-state index in [1.807, 2.05) is 0 Å². The number of unbranched alkanes of at least 4 members (excludes halogenated alkanes) is 1. The molecule has 0 saturated carbocycles. The number of nitrogens with one attached hydrogen (secondary N) is 1. The Labute approximate surface area is 94.1 Å². The second-order valence-electron chi connectivity index (χ2n) is 3.45. The quantitative estimate of drug-likeness (QED) is 0.592. The van der Waals surface area contributed by atoms with E-state index in [0.717, 1.165) is 25.1 Å². The standard InChI is InChI=1S/C11H16N2O3/c14-6-2-1-5-12-8-10-4-3-9(7-13-10)11(15)16/h3-4,7,12,14H,1-2,5-6,8H2,(H,15,16). The molecule has 0 aliphatic heterocycles. The highest BCUT2D eigenvalue weighted by atomic mass is 16.4. The molecule has 5 nitrogen and oxygen atoms in total. The van der Waals surface area contributed by atoms with Gasteiger partial charge in [0.25, 0.3) is 0 Å². The number of rotatable bonds is 7. The average Bonchev–Trinajstić information content (AvgIpc) is 2.29. The summed E-state index contributed by atoms with van der Waals surface area (Å²) in [5.41, 5.74) is 1.01. The summed E-state index contributed by atoms with van der Waals surface area (Å²) >= 11 is 0. The van der Waals surface area contributed by atoms with E-state index in [4.69, 9.17) is 10.2 Å². The number of carboxylic acid groups (broad SMARTS) is 1. The van der Waals surface area contributed by atoms with E-state index in [9.17, 15) is 4.79 Å². The van der Waals surface area contributed by atoms with Gasteiger partial charge in [0.05, 0.1) is 11.3 Å². The van der Waals surface area contributed by atoms with E-state index in [1.54, 1.807) is 12.1 Å². The smallest absolute Gasteiger partial charge is 0.337 e. The predicted octanol–water partition coefficient (Wildman–Crippen LogP) is 0.642. The number of aromatic nitrogens is 1. The molecule has 0 saturated heterocycles. The summed E-state index contributed by atoms with van der Waals surface area (Å²) in [7, 11) is 0. The monoisotopic (exact) mass is 224 g/mol. The summed E-state index contributed by atoms with van der Waals surface area (Å²) in [6, 6.07) is 3.24. The highest BCUT2D eigenvalue weighted by Crippen LogP contribution is 2.00. The van der Waals surface area contributed by atoms with Crippen molar-refractivity contribution >= 4 is 5.97 Å². The van der Waals surface area contributed by atoms with Crippen molar-refractivity contribution < 1.29 is 15.0 Å². The summed E-state index contributed by atoms with van der Waals surface area (Å²) < 4.78 is 0. The molecule has 0 unspecified atom stereocenters. The number of aliphatic hydroxyl groups is 1. The molecule has 0 atom stereocenters. The minimum atomic E-state index is -0.963. The van der Waals surface area contributed by atoms with Crippen LogP contribution in [0.5, 0.6) is 0 Å². The molecule has 1 aromatic heterocycles. The van der Waals surface area contributed by atoms with E-state index in [1.165, 1.54) is 6.20 Å². The Morgan fingerprint density at radius 2 is 2.19 bits per heavy atom. The van der Waals surface area contributed by atoms with Gasteiger partial charge in [0.2, 0.25) is 0 Å². The number of nitrogens with zero attached hydrogens (tertiary/aromatic N) is 1. The van der Waals surface area contributed by atoms with Gasteiger partial charge in [-0.1, -0.05) is 0 Å². The Kier molecular flexibility index (Phi) is 5.45. The van der Waals surface area contributed by atoms with Crippen LogP contribution >= 0.6 is 0 Å². The molecule has 5 heteroatoms. The number of carbonyl (C=O) groups is 1. The third-order valence-electron chi connectivity index (χ3n) is 2.14. The first kappa shape index (κ1) is 12.6. The van der Waals surface area contributed by atoms with Gasteiger partial charge >= 0.3 is 5.97 Å². The largest absolute Gasteiger partial charge is 0.478 e. The van der Waals surface area contributed by atoms with Gasteiger partial charge in [-0.3, -0.25) is 4.98 Å². The zero-order valence-corrected chi connectivity index (χ0v) is 9.02. The lowest BCUT2D eigenvalue weighted by atomic mass is 10.2. The zero-order valence-electron chi connectivity index (χ0n) is 9.02. The fourth-order valence-electron chi connectivity index (χ4n) is 1.23. The van der Waals surface area contributed by atoms with Crippen molar-refractivity contribution in [2.75, 3.05) is 13.2 Å². The Hall–Kier alpha value is -1.46. The summed E-state index contributed by atoms with van der Waals surface area (Å²) in [5, 5.41) is 20.4. The second-order valence-corrected chi connectivity index (χ2v) is 3.45. The number of carboxylic acids is 1. The number of hydrogen-bond acceptors (Lipinski definition) is 4. The topological polar surface area (TPSA) is 82.5 Å². The molecule has 0 radical (unpaired) electrons. The van der Waals surface area contributed by atoms with Crippen molar-refractivity contribution in [3.8, 4) is 0 Å². The van der Waals surface area contributed by atoms with Gasteiger partial charge in [-0.05, 0) is 31.5 Å². The van der Waals surface area contributed by atoms with Gasteiger partial charge in [-0.2, -0.15) is 0 Å². The molecule has 0 amide bonds. The van der Waals surface area contributed by atoms with Crippen LogP contribution < -0.4 is 5.32 Å². The normalized spacial score (nSPS) is 10.3. The van der Waals surface area contributed by atoms with Crippen molar-refractivity contribution in [3.05, 3.63) is 29.6 Å². The van der Waals surface area contributed by atoms with Gasteiger partial charge in [0.15, 0.2) is 0 Å². The van der Waals surface area contributed by atoms with Gasteiger partial charge in [-0.15, -0.1) is 0 Å². The Morgan fingerprint density at radius 3 is 2.75 bits per heavy atom. The van der Waals surface area contributed by atoms with Crippen molar-refractivity contribution in [1.82, 2.24) is 10.3 Å². The van der Waals surface area contributed by atoms with Crippen LogP contribution in [0.15, 0.2) is 18.3 Å². The molecule has 0 bridgehead atoms. The maximum atomic E-state index is 10.6. The number of aromatic carboxylic acids is 1. The highest BCUT2D eigenvalue weighted by Gasteiger charge is 2.02. The third-order valence-corrected chi connectivity index (χ3v) is 2.14. The number of aliphatic hydroxyl groups excluding tert-OH is 1. The fourth-order valence-corrected chi connectivity index (χ4v) is 1.23. The summed E-state index contributed by atoms with van der Waals surface area (Å²) in [6.07, 6.45) is 3.06. The lowest BCUT2D eigenvalue weighted by Gasteiger charge is -2.03. The van der Waals surface area contributed by atoms with Crippen LogP contribution in [-0.2, 0) is 6.54 Å². The van der Waals surface area contributed by atoms with E-state index in [2.05, 4.69) is 10.3 Å². The van der Waals surface area contributed by atoms with Gasteiger partial charge in [0, 0.05) is 19.3 Å². The van der Waals surface area contributed by atoms with E-state index >= 15 is 0 Å². The molecule has 0 aliphatic carbocycles. The van der Waals surface area contributed by atoms with Crippen molar-refractivity contribution in [2.24, 2.45) is 0 Å². The molecule has 0 aliphatic rings. The third kappa shape index (κ3) is 4.37. The van der Waals surface area contributed by atoms with Crippen LogP contribution in [-0.4, -0.2) is 34.3 Å². The van der Waals surface area contributed by atoms with Crippen LogP contribution in [0.4, 0.5) is 0 Å². The Bertz CT molecular complexity index is 325. The molecule has 3 N–H and O–H groups in total. The average molecular weight is 224 g/mol. The Balaban J connectivity index is 2.29. The van der Waals surface area contributed by atoms with Crippen LogP contribution in [0.3, 0.4) is 0 Å². The maximum absolute atomic E-state index is 10.6. The first-order chi connectivity index (χ1) is 7.74. The molecule has 1 aromatic rings. The lowest BCUT2D eigenvalue weighted by Crippen LogP contribution is -2.16. The number of pyridine rings is 1. The molecule has 0 fully saturated rings. The van der Waals surface area contributed by atoms with E-state index < -0.39 is 5.97 Å². The van der Waals surface area contributed by atoms with Gasteiger partial charge in [0.1, 0.15) is 0 Å². The molecule has 88 valence electrons. The molecule has 16 heavy (non-hydrogen) atoms. The predicted molar refractivity (Wildman–Crippen MR) is 59.2 cm³/mol. The van der Waals surface area contributed by atoms with Crippen molar-refractivity contribution in [1.29, 1.82) is 0 Å². The van der Waals surface area contributed by atoms with Crippen LogP contribution in [0.2, 0.25) is 0 Å². The maximum Gasteiger partial charge on any atom is 0.337 e.